The lowest BCUT2D eigenvalue weighted by molar-refractivity contribution is 0.469. The Hall–Kier alpha value is -1.33. The van der Waals surface area contributed by atoms with Crippen molar-refractivity contribution in [3.05, 3.63) is 39.6 Å². The van der Waals surface area contributed by atoms with E-state index in [1.165, 1.54) is 23.5 Å². The molecule has 6 heteroatoms. The highest BCUT2D eigenvalue weighted by molar-refractivity contribution is 7.15. The lowest BCUT2D eigenvalue weighted by Crippen LogP contribution is -1.99. The standard InChI is InChI=1S/C10H8ClFN2OS/c11-10-14-5-7(16-10)4-13-9-2-1-6(15)3-8(9)12/h1-3,5,13,15H,4H2. The molecule has 0 aliphatic carbocycles. The molecule has 3 nitrogen and oxygen atoms in total. The highest BCUT2D eigenvalue weighted by Gasteiger charge is 2.04. The highest BCUT2D eigenvalue weighted by Crippen LogP contribution is 2.22. The number of aromatic nitrogens is 1. The van der Waals surface area contributed by atoms with Crippen molar-refractivity contribution in [3.8, 4) is 5.75 Å². The molecule has 2 rings (SSSR count). The van der Waals surface area contributed by atoms with Crippen molar-refractivity contribution in [1.29, 1.82) is 0 Å². The number of benzene rings is 1. The fourth-order valence-electron chi connectivity index (χ4n) is 1.20. The Morgan fingerprint density at radius 1 is 1.50 bits per heavy atom. The molecular formula is C10H8ClFN2OS. The van der Waals surface area contributed by atoms with Gasteiger partial charge in [-0.05, 0) is 12.1 Å². The maximum Gasteiger partial charge on any atom is 0.183 e. The summed E-state index contributed by atoms with van der Waals surface area (Å²) in [5.41, 5.74) is 0.335. The summed E-state index contributed by atoms with van der Waals surface area (Å²) in [4.78, 5) is 4.79. The second kappa shape index (κ2) is 4.67. The quantitative estimate of drug-likeness (QED) is 0.831. The van der Waals surface area contributed by atoms with E-state index in [1.807, 2.05) is 0 Å². The van der Waals surface area contributed by atoms with Crippen molar-refractivity contribution in [3.63, 3.8) is 0 Å². The zero-order chi connectivity index (χ0) is 11.5. The Balaban J connectivity index is 2.04. The van der Waals surface area contributed by atoms with Gasteiger partial charge in [0.05, 0.1) is 12.2 Å². The molecule has 0 fully saturated rings. The number of thiazole rings is 1. The van der Waals surface area contributed by atoms with E-state index in [0.717, 1.165) is 10.9 Å². The topological polar surface area (TPSA) is 45.1 Å². The van der Waals surface area contributed by atoms with Crippen molar-refractivity contribution >= 4 is 28.6 Å². The van der Waals surface area contributed by atoms with Gasteiger partial charge in [-0.3, -0.25) is 0 Å². The normalized spacial score (nSPS) is 10.4. The molecule has 0 unspecified atom stereocenters. The van der Waals surface area contributed by atoms with Crippen LogP contribution in [0, 0.1) is 5.82 Å². The number of halogens is 2. The van der Waals surface area contributed by atoms with Crippen molar-refractivity contribution in [2.24, 2.45) is 0 Å². The van der Waals surface area contributed by atoms with Crippen molar-refractivity contribution in [2.45, 2.75) is 6.54 Å². The zero-order valence-electron chi connectivity index (χ0n) is 8.08. The summed E-state index contributed by atoms with van der Waals surface area (Å²) < 4.78 is 13.8. The van der Waals surface area contributed by atoms with Crippen LogP contribution in [0.4, 0.5) is 10.1 Å². The summed E-state index contributed by atoms with van der Waals surface area (Å²) >= 11 is 7.00. The third-order valence-corrected chi connectivity index (χ3v) is 3.05. The first kappa shape index (κ1) is 11.2. The first-order chi connectivity index (χ1) is 7.65. The first-order valence-corrected chi connectivity index (χ1v) is 5.67. The van der Waals surface area contributed by atoms with Crippen molar-refractivity contribution in [2.75, 3.05) is 5.32 Å². The fraction of sp³-hybridized carbons (Fsp3) is 0.100. The second-order valence-corrected chi connectivity index (χ2v) is 4.79. The number of hydrogen-bond acceptors (Lipinski definition) is 4. The molecular weight excluding hydrogens is 251 g/mol. The summed E-state index contributed by atoms with van der Waals surface area (Å²) in [7, 11) is 0. The van der Waals surface area contributed by atoms with Gasteiger partial charge in [0.15, 0.2) is 4.47 Å². The Labute approximate surface area is 101 Å². The van der Waals surface area contributed by atoms with Gasteiger partial charge in [0.1, 0.15) is 11.6 Å². The van der Waals surface area contributed by atoms with E-state index in [9.17, 15) is 4.39 Å². The van der Waals surface area contributed by atoms with Gasteiger partial charge in [-0.15, -0.1) is 11.3 Å². The van der Waals surface area contributed by atoms with Gasteiger partial charge in [-0.2, -0.15) is 0 Å². The second-order valence-electron chi connectivity index (χ2n) is 3.10. The van der Waals surface area contributed by atoms with Crippen LogP contribution in [0.1, 0.15) is 4.88 Å². The van der Waals surface area contributed by atoms with Crippen molar-refractivity contribution < 1.29 is 9.50 Å². The molecule has 1 aromatic heterocycles. The van der Waals surface area contributed by atoms with Crippen LogP contribution in [0.2, 0.25) is 4.47 Å². The Morgan fingerprint density at radius 3 is 2.94 bits per heavy atom. The van der Waals surface area contributed by atoms with Crippen molar-refractivity contribution in [1.82, 2.24) is 4.98 Å². The molecule has 2 aromatic rings. The number of hydrogen-bond donors (Lipinski definition) is 2. The van der Waals surface area contributed by atoms with Crippen LogP contribution in [0.3, 0.4) is 0 Å². The van der Waals surface area contributed by atoms with Gasteiger partial charge in [-0.1, -0.05) is 11.6 Å². The van der Waals surface area contributed by atoms with Gasteiger partial charge < -0.3 is 10.4 Å². The largest absolute Gasteiger partial charge is 0.508 e. The molecule has 0 atom stereocenters. The smallest absolute Gasteiger partial charge is 0.183 e. The number of phenols is 1. The maximum absolute atomic E-state index is 13.3. The monoisotopic (exact) mass is 258 g/mol. The summed E-state index contributed by atoms with van der Waals surface area (Å²) in [6.07, 6.45) is 1.64. The van der Waals surface area contributed by atoms with Crippen LogP contribution < -0.4 is 5.32 Å². The van der Waals surface area contributed by atoms with E-state index in [1.54, 1.807) is 6.20 Å². The lowest BCUT2D eigenvalue weighted by Gasteiger charge is -2.05. The predicted molar refractivity (Wildman–Crippen MR) is 62.5 cm³/mol. The molecule has 1 aromatic carbocycles. The molecule has 16 heavy (non-hydrogen) atoms. The number of rotatable bonds is 3. The molecule has 1 heterocycles. The molecule has 84 valence electrons. The molecule has 0 aliphatic rings. The summed E-state index contributed by atoms with van der Waals surface area (Å²) in [5, 5.41) is 11.9. The Morgan fingerprint density at radius 2 is 2.31 bits per heavy atom. The number of aromatic hydroxyl groups is 1. The molecule has 0 saturated heterocycles. The van der Waals surface area contributed by atoms with Crippen LogP contribution in [0.15, 0.2) is 24.4 Å². The molecule has 0 amide bonds. The van der Waals surface area contributed by atoms with E-state index in [4.69, 9.17) is 16.7 Å². The average Bonchev–Trinajstić information content (AvgIpc) is 2.63. The number of nitrogens with zero attached hydrogens (tertiary/aromatic N) is 1. The molecule has 0 saturated carbocycles. The summed E-state index contributed by atoms with van der Waals surface area (Å²) in [5.74, 6) is -0.584. The fourth-order valence-corrected chi connectivity index (χ4v) is 2.11. The van der Waals surface area contributed by atoms with E-state index in [0.29, 0.717) is 16.7 Å². The van der Waals surface area contributed by atoms with Crippen LogP contribution in [0.25, 0.3) is 0 Å². The van der Waals surface area contributed by atoms with E-state index in [-0.39, 0.29) is 5.75 Å². The minimum atomic E-state index is -0.490. The third-order valence-electron chi connectivity index (χ3n) is 1.93. The minimum Gasteiger partial charge on any atom is -0.508 e. The Bertz CT molecular complexity index is 503. The summed E-state index contributed by atoms with van der Waals surface area (Å²) in [6.45, 7) is 0.450. The minimum absolute atomic E-state index is 0.0936. The highest BCUT2D eigenvalue weighted by atomic mass is 35.5. The predicted octanol–water partition coefficient (Wildman–Crippen LogP) is 3.25. The number of nitrogens with one attached hydrogen (secondary N) is 1. The maximum atomic E-state index is 13.3. The van der Waals surface area contributed by atoms with Gasteiger partial charge in [0, 0.05) is 17.1 Å². The Kier molecular flexibility index (Phi) is 3.26. The van der Waals surface area contributed by atoms with Gasteiger partial charge in [0.2, 0.25) is 0 Å². The molecule has 0 radical (unpaired) electrons. The van der Waals surface area contributed by atoms with Gasteiger partial charge >= 0.3 is 0 Å². The van der Waals surface area contributed by atoms with Gasteiger partial charge in [-0.25, -0.2) is 9.37 Å². The number of anilines is 1. The third kappa shape index (κ3) is 2.62. The van der Waals surface area contributed by atoms with E-state index < -0.39 is 5.82 Å². The summed E-state index contributed by atoms with van der Waals surface area (Å²) in [6, 6.07) is 3.96. The zero-order valence-corrected chi connectivity index (χ0v) is 9.65. The van der Waals surface area contributed by atoms with E-state index in [2.05, 4.69) is 10.3 Å². The SMILES string of the molecule is Oc1ccc(NCc2cnc(Cl)s2)c(F)c1. The molecule has 0 bridgehead atoms. The van der Waals surface area contributed by atoms with E-state index >= 15 is 0 Å². The first-order valence-electron chi connectivity index (χ1n) is 4.48. The average molecular weight is 259 g/mol. The lowest BCUT2D eigenvalue weighted by atomic mass is 10.3. The molecule has 2 N–H and O–H groups in total. The van der Waals surface area contributed by atoms with Crippen LogP contribution >= 0.6 is 22.9 Å². The van der Waals surface area contributed by atoms with Gasteiger partial charge in [0.25, 0.3) is 0 Å². The molecule has 0 spiro atoms. The van der Waals surface area contributed by atoms with Crippen LogP contribution in [-0.2, 0) is 6.54 Å². The molecule has 0 aliphatic heterocycles. The number of phenolic OH excluding ortho intramolecular Hbond substituents is 1. The van der Waals surface area contributed by atoms with Crippen LogP contribution in [0.5, 0.6) is 5.75 Å². The van der Waals surface area contributed by atoms with Crippen LogP contribution in [-0.4, -0.2) is 10.1 Å².